The molecule has 1 fully saturated rings. The number of amidine groups is 1. The molecule has 7 heteroatoms. The molecule has 1 aromatic rings. The van der Waals surface area contributed by atoms with E-state index in [-0.39, 0.29) is 22.8 Å². The molecule has 0 spiro atoms. The van der Waals surface area contributed by atoms with Crippen molar-refractivity contribution in [3.8, 4) is 0 Å². The lowest BCUT2D eigenvalue weighted by atomic mass is 10.1. The van der Waals surface area contributed by atoms with Crippen LogP contribution >= 0.6 is 23.4 Å². The van der Waals surface area contributed by atoms with Crippen molar-refractivity contribution in [3.63, 3.8) is 0 Å². The third kappa shape index (κ3) is 2.15. The third-order valence-electron chi connectivity index (χ3n) is 3.61. The lowest BCUT2D eigenvalue weighted by molar-refractivity contribution is -0.471. The summed E-state index contributed by atoms with van der Waals surface area (Å²) in [6, 6.07) is 5.54. The van der Waals surface area contributed by atoms with Gasteiger partial charge in [-0.1, -0.05) is 17.7 Å². The van der Waals surface area contributed by atoms with Crippen LogP contribution in [0.5, 0.6) is 0 Å². The molecule has 1 saturated heterocycles. The van der Waals surface area contributed by atoms with Crippen molar-refractivity contribution < 1.29 is 13.0 Å². The zero-order valence-corrected chi connectivity index (χ0v) is 12.7. The van der Waals surface area contributed by atoms with E-state index >= 15 is 0 Å². The number of hydrogen-bond acceptors (Lipinski definition) is 4. The predicted octanol–water partition coefficient (Wildman–Crippen LogP) is 1.52. The van der Waals surface area contributed by atoms with Gasteiger partial charge in [0.1, 0.15) is 11.7 Å². The first-order valence-electron chi connectivity index (χ1n) is 5.93. The summed E-state index contributed by atoms with van der Waals surface area (Å²) in [6.45, 7) is 1.92. The van der Waals surface area contributed by atoms with E-state index in [9.17, 15) is 8.42 Å². The molecule has 2 N–H and O–H groups in total. The molecule has 0 radical (unpaired) electrons. The summed E-state index contributed by atoms with van der Waals surface area (Å²) in [5, 5.41) is 1.36. The fourth-order valence-corrected chi connectivity index (χ4v) is 6.66. The first-order valence-corrected chi connectivity index (χ1v) is 9.01. The maximum atomic E-state index is 11.8. The molecule has 0 aliphatic carbocycles. The van der Waals surface area contributed by atoms with Gasteiger partial charge in [0.15, 0.2) is 9.84 Å². The fourth-order valence-electron chi connectivity index (χ4n) is 2.68. The van der Waals surface area contributed by atoms with Gasteiger partial charge in [-0.3, -0.25) is 5.73 Å². The monoisotopic (exact) mass is 317 g/mol. The van der Waals surface area contributed by atoms with E-state index in [1.165, 1.54) is 11.8 Å². The highest BCUT2D eigenvalue weighted by Crippen LogP contribution is 2.38. The highest BCUT2D eigenvalue weighted by Gasteiger charge is 2.50. The molecule has 3 rings (SSSR count). The molecule has 0 amide bonds. The van der Waals surface area contributed by atoms with Crippen molar-refractivity contribution in [2.75, 3.05) is 11.5 Å². The van der Waals surface area contributed by atoms with Crippen molar-refractivity contribution in [2.45, 2.75) is 18.2 Å². The third-order valence-corrected chi connectivity index (χ3v) is 7.17. The van der Waals surface area contributed by atoms with Crippen LogP contribution in [0.15, 0.2) is 18.2 Å². The molecular weight excluding hydrogens is 304 g/mol. The first kappa shape index (κ1) is 13.3. The maximum absolute atomic E-state index is 11.8. The zero-order valence-electron chi connectivity index (χ0n) is 10.3. The van der Waals surface area contributed by atoms with Crippen LogP contribution in [-0.2, 0) is 9.84 Å². The summed E-state index contributed by atoms with van der Waals surface area (Å²) < 4.78 is 25.5. The number of nitrogens with two attached hydrogens (primary N) is 1. The zero-order chi connectivity index (χ0) is 13.8. The Hall–Kier alpha value is -0.720. The van der Waals surface area contributed by atoms with Crippen LogP contribution in [0.25, 0.3) is 0 Å². The average molecular weight is 318 g/mol. The van der Waals surface area contributed by atoms with Gasteiger partial charge in [0.25, 0.3) is 0 Å². The Kier molecular flexibility index (Phi) is 3.07. The van der Waals surface area contributed by atoms with Crippen molar-refractivity contribution in [3.05, 3.63) is 28.8 Å². The van der Waals surface area contributed by atoms with Gasteiger partial charge in [-0.05, 0) is 30.8 Å². The number of fused-ring (bicyclic) bond motifs is 1. The van der Waals surface area contributed by atoms with Gasteiger partial charge in [-0.15, -0.1) is 0 Å². The second-order valence-electron chi connectivity index (χ2n) is 4.89. The molecule has 4 nitrogen and oxygen atoms in total. The van der Waals surface area contributed by atoms with Crippen molar-refractivity contribution in [2.24, 2.45) is 5.73 Å². The van der Waals surface area contributed by atoms with Gasteiger partial charge in [0, 0.05) is 10.6 Å². The normalized spacial score (nSPS) is 28.7. The van der Waals surface area contributed by atoms with Crippen LogP contribution < -0.4 is 5.73 Å². The standard InChI is InChI=1S/C12H13ClN2O2S2/c1-7-8(13)3-2-4-9(7)15-10-5-19(16,17)6-11(10)18-12(15)14/h2-4,10-11,14H,5-6H2,1H3/p+1. The summed E-state index contributed by atoms with van der Waals surface area (Å²) in [5.74, 6) is 0.371. The van der Waals surface area contributed by atoms with Crippen LogP contribution in [0.2, 0.25) is 5.02 Å². The summed E-state index contributed by atoms with van der Waals surface area (Å²) in [5.41, 5.74) is 7.91. The number of thioether (sulfide) groups is 1. The quantitative estimate of drug-likeness (QED) is 0.798. The Balaban J connectivity index is 2.10. The number of hydrogen-bond donors (Lipinski definition) is 1. The summed E-state index contributed by atoms with van der Waals surface area (Å²) >= 11 is 7.59. The minimum atomic E-state index is -2.96. The molecular formula is C12H14ClN2O2S2+. The first-order chi connectivity index (χ1) is 8.89. The van der Waals surface area contributed by atoms with Crippen LogP contribution in [0.4, 0.5) is 5.69 Å². The summed E-state index contributed by atoms with van der Waals surface area (Å²) in [4.78, 5) is 0. The number of rotatable bonds is 1. The minimum absolute atomic E-state index is 0.0309. The lowest BCUT2D eigenvalue weighted by Crippen LogP contribution is -2.29. The van der Waals surface area contributed by atoms with Gasteiger partial charge in [-0.25, -0.2) is 13.0 Å². The summed E-state index contributed by atoms with van der Waals surface area (Å²) in [7, 11) is -2.96. The van der Waals surface area contributed by atoms with Gasteiger partial charge in [0.05, 0.1) is 16.8 Å². The Morgan fingerprint density at radius 3 is 2.89 bits per heavy atom. The van der Waals surface area contributed by atoms with Crippen LogP contribution in [-0.4, -0.2) is 41.0 Å². The highest BCUT2D eigenvalue weighted by molar-refractivity contribution is 8.15. The number of benzene rings is 1. The van der Waals surface area contributed by atoms with Gasteiger partial charge >= 0.3 is 5.17 Å². The molecule has 2 unspecified atom stereocenters. The van der Waals surface area contributed by atoms with Crippen LogP contribution in [0, 0.1) is 6.92 Å². The van der Waals surface area contributed by atoms with Crippen molar-refractivity contribution in [1.82, 2.24) is 0 Å². The van der Waals surface area contributed by atoms with Crippen LogP contribution in [0.1, 0.15) is 5.56 Å². The smallest absolute Gasteiger partial charge is 0.281 e. The van der Waals surface area contributed by atoms with E-state index in [0.717, 1.165) is 11.3 Å². The second kappa shape index (κ2) is 4.40. The molecule has 1 aromatic carbocycles. The Labute approximate surface area is 121 Å². The van der Waals surface area contributed by atoms with E-state index in [1.54, 1.807) is 0 Å². The SMILES string of the molecule is Cc1c(Cl)cccc1[N+]1=C(N)SC2CS(=O)(=O)CC21. The largest absolute Gasteiger partial charge is 0.310 e. The molecule has 2 atom stereocenters. The number of halogens is 1. The molecule has 2 heterocycles. The molecule has 2 aliphatic rings. The molecule has 0 saturated carbocycles. The molecule has 19 heavy (non-hydrogen) atoms. The predicted molar refractivity (Wildman–Crippen MR) is 79.1 cm³/mol. The lowest BCUT2D eigenvalue weighted by Gasteiger charge is -2.13. The van der Waals surface area contributed by atoms with E-state index in [0.29, 0.717) is 10.2 Å². The van der Waals surface area contributed by atoms with E-state index < -0.39 is 9.84 Å². The topological polar surface area (TPSA) is 63.2 Å². The van der Waals surface area contributed by atoms with Gasteiger partial charge < -0.3 is 0 Å². The Bertz CT molecular complexity index is 685. The van der Waals surface area contributed by atoms with E-state index in [1.807, 2.05) is 29.7 Å². The average Bonchev–Trinajstić information content (AvgIpc) is 2.73. The molecule has 102 valence electrons. The maximum Gasteiger partial charge on any atom is 0.310 e. The second-order valence-corrected chi connectivity index (χ2v) is 8.71. The summed E-state index contributed by atoms with van der Waals surface area (Å²) in [6.07, 6.45) is 0. The van der Waals surface area contributed by atoms with Gasteiger partial charge in [-0.2, -0.15) is 0 Å². The van der Waals surface area contributed by atoms with E-state index in [2.05, 4.69) is 0 Å². The Morgan fingerprint density at radius 1 is 1.42 bits per heavy atom. The van der Waals surface area contributed by atoms with Gasteiger partial charge in [0.2, 0.25) is 0 Å². The molecule has 0 aromatic heterocycles. The van der Waals surface area contributed by atoms with Crippen LogP contribution in [0.3, 0.4) is 0 Å². The van der Waals surface area contributed by atoms with E-state index in [4.69, 9.17) is 17.3 Å². The number of nitrogens with zero attached hydrogens (tertiary/aromatic N) is 1. The van der Waals surface area contributed by atoms with Crippen molar-refractivity contribution in [1.29, 1.82) is 0 Å². The van der Waals surface area contributed by atoms with Crippen molar-refractivity contribution >= 4 is 44.1 Å². The minimum Gasteiger partial charge on any atom is -0.281 e. The number of sulfone groups is 1. The highest BCUT2D eigenvalue weighted by atomic mass is 35.5. The fraction of sp³-hybridized carbons (Fsp3) is 0.417. The molecule has 2 aliphatic heterocycles. The Morgan fingerprint density at radius 2 is 2.16 bits per heavy atom. The molecule has 0 bridgehead atoms.